The van der Waals surface area contributed by atoms with Crippen molar-refractivity contribution in [2.75, 3.05) is 18.5 Å². The number of ether oxygens (including phenoxy) is 1. The number of esters is 1. The lowest BCUT2D eigenvalue weighted by molar-refractivity contribution is -0.127. The maximum atomic E-state index is 12.8. The van der Waals surface area contributed by atoms with Gasteiger partial charge in [0, 0.05) is 17.3 Å². The largest absolute Gasteiger partial charge is 0.478 e. The number of carbonyl (C=O) groups excluding carboxylic acids is 4. The number of carboxylic acid groups (broad SMARTS) is 1. The van der Waals surface area contributed by atoms with Gasteiger partial charge in [-0.1, -0.05) is 23.7 Å². The molecule has 1 saturated heterocycles. The Morgan fingerprint density at radius 2 is 1.92 bits per heavy atom. The molecule has 0 saturated carbocycles. The van der Waals surface area contributed by atoms with Crippen LogP contribution >= 0.6 is 23.4 Å². The van der Waals surface area contributed by atoms with E-state index in [1.807, 2.05) is 0 Å². The van der Waals surface area contributed by atoms with Crippen LogP contribution in [0, 0.1) is 0 Å². The zero-order valence-corrected chi connectivity index (χ0v) is 21.3. The first-order chi connectivity index (χ1) is 18.2. The number of benzene rings is 2. The molecular weight excluding hydrogens is 536 g/mol. The van der Waals surface area contributed by atoms with Gasteiger partial charge < -0.3 is 19.6 Å². The number of amides is 3. The van der Waals surface area contributed by atoms with Gasteiger partial charge in [-0.15, -0.1) is 0 Å². The SMILES string of the molecule is CCOC(=O)c1cc(NC(=O)CN2C(=O)S/C(=C\c3ccc(-c4cccc(C(=O)O)c4)o3)C2=O)ccc1Cl. The molecule has 0 spiro atoms. The summed E-state index contributed by atoms with van der Waals surface area (Å²) in [7, 11) is 0. The highest BCUT2D eigenvalue weighted by molar-refractivity contribution is 8.18. The maximum Gasteiger partial charge on any atom is 0.339 e. The Labute approximate surface area is 225 Å². The van der Waals surface area contributed by atoms with Crippen LogP contribution in [-0.4, -0.2) is 52.2 Å². The van der Waals surface area contributed by atoms with Crippen molar-refractivity contribution in [3.05, 3.63) is 81.4 Å². The molecule has 2 aromatic carbocycles. The minimum Gasteiger partial charge on any atom is -0.478 e. The normalized spacial score (nSPS) is 14.2. The predicted octanol–water partition coefficient (Wildman–Crippen LogP) is 5.15. The summed E-state index contributed by atoms with van der Waals surface area (Å²) >= 11 is 6.68. The summed E-state index contributed by atoms with van der Waals surface area (Å²) in [5, 5.41) is 11.2. The number of hydrogen-bond acceptors (Lipinski definition) is 8. The van der Waals surface area contributed by atoms with Crippen molar-refractivity contribution >= 4 is 64.1 Å². The van der Waals surface area contributed by atoms with Gasteiger partial charge in [0.2, 0.25) is 5.91 Å². The lowest BCUT2D eigenvalue weighted by Gasteiger charge is -2.13. The Morgan fingerprint density at radius 1 is 1.13 bits per heavy atom. The second-order valence-corrected chi connectivity index (χ2v) is 9.22. The molecule has 194 valence electrons. The number of thioether (sulfide) groups is 1. The van der Waals surface area contributed by atoms with Crippen LogP contribution in [0.25, 0.3) is 17.4 Å². The van der Waals surface area contributed by atoms with Crippen molar-refractivity contribution < 1.29 is 38.2 Å². The Morgan fingerprint density at radius 3 is 2.66 bits per heavy atom. The van der Waals surface area contributed by atoms with Gasteiger partial charge in [0.25, 0.3) is 11.1 Å². The van der Waals surface area contributed by atoms with E-state index < -0.39 is 35.5 Å². The third-order valence-corrected chi connectivity index (χ3v) is 6.45. The van der Waals surface area contributed by atoms with Gasteiger partial charge in [-0.05, 0) is 61.2 Å². The highest BCUT2D eigenvalue weighted by Crippen LogP contribution is 2.33. The highest BCUT2D eigenvalue weighted by Gasteiger charge is 2.36. The van der Waals surface area contributed by atoms with Crippen LogP contribution in [0.2, 0.25) is 5.02 Å². The van der Waals surface area contributed by atoms with E-state index in [0.29, 0.717) is 23.1 Å². The molecule has 1 aliphatic rings. The second-order valence-electron chi connectivity index (χ2n) is 7.82. The van der Waals surface area contributed by atoms with E-state index in [-0.39, 0.29) is 39.1 Å². The fraction of sp³-hybridized carbons (Fsp3) is 0.115. The van der Waals surface area contributed by atoms with Crippen LogP contribution in [-0.2, 0) is 14.3 Å². The number of nitrogens with zero attached hydrogens (tertiary/aromatic N) is 1. The molecule has 3 aromatic rings. The molecule has 2 N–H and O–H groups in total. The molecule has 4 rings (SSSR count). The van der Waals surface area contributed by atoms with Gasteiger partial charge in [-0.3, -0.25) is 19.3 Å². The molecule has 0 unspecified atom stereocenters. The third-order valence-electron chi connectivity index (χ3n) is 5.21. The Balaban J connectivity index is 1.44. The topological polar surface area (TPSA) is 143 Å². The molecule has 1 fully saturated rings. The van der Waals surface area contributed by atoms with E-state index in [1.165, 1.54) is 36.4 Å². The highest BCUT2D eigenvalue weighted by atomic mass is 35.5. The van der Waals surface area contributed by atoms with Crippen LogP contribution < -0.4 is 5.32 Å². The number of rotatable bonds is 8. The molecule has 0 bridgehead atoms. The summed E-state index contributed by atoms with van der Waals surface area (Å²) in [4.78, 5) is 61.9. The zero-order valence-electron chi connectivity index (χ0n) is 19.7. The minimum atomic E-state index is -1.08. The van der Waals surface area contributed by atoms with Gasteiger partial charge in [-0.25, -0.2) is 9.59 Å². The lowest BCUT2D eigenvalue weighted by atomic mass is 10.1. The van der Waals surface area contributed by atoms with Crippen LogP contribution in [0.4, 0.5) is 10.5 Å². The Bertz CT molecular complexity index is 1500. The van der Waals surface area contributed by atoms with Crippen molar-refractivity contribution in [3.8, 4) is 11.3 Å². The fourth-order valence-corrected chi connectivity index (χ4v) is 4.48. The Kier molecular flexibility index (Phi) is 7.99. The molecule has 0 radical (unpaired) electrons. The summed E-state index contributed by atoms with van der Waals surface area (Å²) in [6, 6.07) is 13.6. The smallest absolute Gasteiger partial charge is 0.339 e. The predicted molar refractivity (Wildman–Crippen MR) is 140 cm³/mol. The number of nitrogens with one attached hydrogen (secondary N) is 1. The van der Waals surface area contributed by atoms with E-state index in [9.17, 15) is 29.1 Å². The van der Waals surface area contributed by atoms with Gasteiger partial charge in [0.05, 0.1) is 27.7 Å². The summed E-state index contributed by atoms with van der Waals surface area (Å²) in [5.74, 6) is -2.42. The van der Waals surface area contributed by atoms with E-state index >= 15 is 0 Å². The van der Waals surface area contributed by atoms with Crippen LogP contribution in [0.5, 0.6) is 0 Å². The molecule has 38 heavy (non-hydrogen) atoms. The first kappa shape index (κ1) is 26.7. The molecular formula is C26H19ClN2O8S. The summed E-state index contributed by atoms with van der Waals surface area (Å²) in [6.07, 6.45) is 1.37. The zero-order chi connectivity index (χ0) is 27.4. The number of anilines is 1. The molecule has 0 atom stereocenters. The third kappa shape index (κ3) is 5.96. The number of carboxylic acids is 1. The molecule has 3 amide bonds. The summed E-state index contributed by atoms with van der Waals surface area (Å²) in [5.41, 5.74) is 0.922. The average molecular weight is 555 g/mol. The summed E-state index contributed by atoms with van der Waals surface area (Å²) < 4.78 is 10.6. The van der Waals surface area contributed by atoms with Crippen molar-refractivity contribution in [1.29, 1.82) is 0 Å². The van der Waals surface area contributed by atoms with Crippen molar-refractivity contribution in [3.63, 3.8) is 0 Å². The number of imide groups is 1. The van der Waals surface area contributed by atoms with E-state index in [1.54, 1.807) is 31.2 Å². The quantitative estimate of drug-likeness (QED) is 0.285. The van der Waals surface area contributed by atoms with Gasteiger partial charge in [-0.2, -0.15) is 0 Å². The Hall–Kier alpha value is -4.35. The molecule has 1 aliphatic heterocycles. The number of hydrogen-bond donors (Lipinski definition) is 2. The van der Waals surface area contributed by atoms with E-state index in [2.05, 4.69) is 5.32 Å². The van der Waals surface area contributed by atoms with Gasteiger partial charge in [0.1, 0.15) is 18.1 Å². The standard InChI is InChI=1S/C26H19ClN2O8S/c1-2-36-25(34)18-11-16(6-8-19(18)27)28-22(30)13-29-23(31)21(38-26(29)35)12-17-7-9-20(37-17)14-4-3-5-15(10-14)24(32)33/h3-12H,2,13H2,1H3,(H,28,30)(H,32,33)/b21-12-. The van der Waals surface area contributed by atoms with Crippen LogP contribution in [0.3, 0.4) is 0 Å². The molecule has 10 nitrogen and oxygen atoms in total. The molecule has 12 heteroatoms. The van der Waals surface area contributed by atoms with E-state index in [0.717, 1.165) is 4.90 Å². The fourth-order valence-electron chi connectivity index (χ4n) is 3.47. The summed E-state index contributed by atoms with van der Waals surface area (Å²) in [6.45, 7) is 1.24. The van der Waals surface area contributed by atoms with Crippen molar-refractivity contribution in [1.82, 2.24) is 4.90 Å². The monoisotopic (exact) mass is 554 g/mol. The molecule has 2 heterocycles. The lowest BCUT2D eigenvalue weighted by Crippen LogP contribution is -2.36. The average Bonchev–Trinajstić information content (AvgIpc) is 3.45. The minimum absolute atomic E-state index is 0.0547. The number of halogens is 1. The first-order valence-corrected chi connectivity index (χ1v) is 12.3. The molecule has 0 aliphatic carbocycles. The van der Waals surface area contributed by atoms with Gasteiger partial charge >= 0.3 is 11.9 Å². The van der Waals surface area contributed by atoms with E-state index in [4.69, 9.17) is 20.8 Å². The van der Waals surface area contributed by atoms with Gasteiger partial charge in [0.15, 0.2) is 0 Å². The number of aromatic carboxylic acids is 1. The number of furan rings is 1. The van der Waals surface area contributed by atoms with Crippen LogP contribution in [0.15, 0.2) is 63.9 Å². The maximum absolute atomic E-state index is 12.8. The van der Waals surface area contributed by atoms with Crippen molar-refractivity contribution in [2.24, 2.45) is 0 Å². The molecule has 1 aromatic heterocycles. The van der Waals surface area contributed by atoms with Crippen LogP contribution in [0.1, 0.15) is 33.4 Å². The number of carbonyl (C=O) groups is 5. The second kappa shape index (κ2) is 11.4. The first-order valence-electron chi connectivity index (χ1n) is 11.1. The van der Waals surface area contributed by atoms with Crippen molar-refractivity contribution in [2.45, 2.75) is 6.92 Å².